The van der Waals surface area contributed by atoms with Gasteiger partial charge < -0.3 is 14.3 Å². The molecule has 0 amide bonds. The molecule has 2 aliphatic rings. The Bertz CT molecular complexity index is 417. The lowest BCUT2D eigenvalue weighted by molar-refractivity contribution is 0.111. The third-order valence-corrected chi connectivity index (χ3v) is 4.83. The minimum atomic E-state index is 0.378. The van der Waals surface area contributed by atoms with Crippen LogP contribution in [0.5, 0.6) is 0 Å². The van der Waals surface area contributed by atoms with E-state index in [9.17, 15) is 0 Å². The fraction of sp³-hybridized carbons (Fsp3) is 0.875. The van der Waals surface area contributed by atoms with Crippen molar-refractivity contribution in [2.75, 3.05) is 39.3 Å². The van der Waals surface area contributed by atoms with Gasteiger partial charge in [0.1, 0.15) is 0 Å². The second-order valence-corrected chi connectivity index (χ2v) is 7.49. The molecule has 3 rings (SSSR count). The molecular weight excluding hydrogens is 264 g/mol. The molecule has 1 aromatic rings. The van der Waals surface area contributed by atoms with Crippen molar-refractivity contribution in [3.63, 3.8) is 0 Å². The highest BCUT2D eigenvalue weighted by atomic mass is 16.5. The number of nitrogens with zero attached hydrogens (tertiary/aromatic N) is 4. The van der Waals surface area contributed by atoms with Crippen LogP contribution in [0.4, 0.5) is 0 Å². The molecule has 0 aromatic carbocycles. The van der Waals surface area contributed by atoms with E-state index >= 15 is 0 Å². The van der Waals surface area contributed by atoms with E-state index in [1.807, 2.05) is 0 Å². The molecular formula is C16H28N4O. The number of hydrogen-bond acceptors (Lipinski definition) is 5. The predicted octanol–water partition coefficient (Wildman–Crippen LogP) is 2.37. The Hall–Kier alpha value is -0.940. The van der Waals surface area contributed by atoms with E-state index in [2.05, 4.69) is 33.8 Å². The van der Waals surface area contributed by atoms with Gasteiger partial charge >= 0.3 is 0 Å². The summed E-state index contributed by atoms with van der Waals surface area (Å²) in [6.07, 6.45) is 6.51. The van der Waals surface area contributed by atoms with Crippen LogP contribution in [-0.4, -0.2) is 59.2 Å². The van der Waals surface area contributed by atoms with Gasteiger partial charge in [-0.1, -0.05) is 19.0 Å². The zero-order valence-electron chi connectivity index (χ0n) is 13.4. The van der Waals surface area contributed by atoms with Crippen molar-refractivity contribution in [3.05, 3.63) is 12.2 Å². The largest absolute Gasteiger partial charge is 0.343 e. The molecule has 3 heterocycles. The van der Waals surface area contributed by atoms with Crippen LogP contribution >= 0.6 is 0 Å². The lowest BCUT2D eigenvalue weighted by atomic mass is 9.89. The maximum atomic E-state index is 4.87. The van der Waals surface area contributed by atoms with Crippen molar-refractivity contribution in [2.45, 2.75) is 45.4 Å². The molecule has 0 radical (unpaired) electrons. The Labute approximate surface area is 127 Å². The molecule has 2 aliphatic heterocycles. The van der Waals surface area contributed by atoms with Crippen LogP contribution in [0.15, 0.2) is 10.9 Å². The fourth-order valence-corrected chi connectivity index (χ4v) is 3.91. The van der Waals surface area contributed by atoms with Crippen molar-refractivity contribution in [2.24, 2.45) is 5.41 Å². The molecule has 5 heteroatoms. The molecule has 118 valence electrons. The molecule has 0 atom stereocenters. The number of aromatic nitrogens is 2. The minimum absolute atomic E-state index is 0.378. The molecule has 0 bridgehead atoms. The zero-order chi connectivity index (χ0) is 14.7. The van der Waals surface area contributed by atoms with E-state index in [1.54, 1.807) is 0 Å². The summed E-state index contributed by atoms with van der Waals surface area (Å²) in [5.74, 6) is 1.38. The first-order valence-electron chi connectivity index (χ1n) is 8.33. The van der Waals surface area contributed by atoms with Gasteiger partial charge in [-0.15, -0.1) is 0 Å². The molecule has 0 saturated carbocycles. The van der Waals surface area contributed by atoms with Crippen LogP contribution < -0.4 is 0 Å². The van der Waals surface area contributed by atoms with E-state index in [0.29, 0.717) is 11.3 Å². The Kier molecular flexibility index (Phi) is 4.60. The maximum absolute atomic E-state index is 4.87. The summed E-state index contributed by atoms with van der Waals surface area (Å²) in [7, 11) is 0. The van der Waals surface area contributed by atoms with Gasteiger partial charge in [-0.05, 0) is 57.3 Å². The van der Waals surface area contributed by atoms with Crippen molar-refractivity contribution in [3.8, 4) is 0 Å². The normalized spacial score (nSPS) is 23.0. The Morgan fingerprint density at radius 3 is 2.29 bits per heavy atom. The summed E-state index contributed by atoms with van der Waals surface area (Å²) in [6.45, 7) is 12.2. The second-order valence-electron chi connectivity index (χ2n) is 7.49. The molecule has 1 aromatic heterocycles. The second kappa shape index (κ2) is 6.44. The smallest absolute Gasteiger partial charge is 0.213 e. The fourth-order valence-electron chi connectivity index (χ4n) is 3.91. The van der Waals surface area contributed by atoms with Gasteiger partial charge in [0.15, 0.2) is 5.82 Å². The van der Waals surface area contributed by atoms with Gasteiger partial charge in [0, 0.05) is 19.0 Å². The number of likely N-dealkylation sites (tertiary alicyclic amines) is 2. The van der Waals surface area contributed by atoms with Gasteiger partial charge in [-0.2, -0.15) is 4.98 Å². The molecule has 2 saturated heterocycles. The van der Waals surface area contributed by atoms with E-state index < -0.39 is 0 Å². The van der Waals surface area contributed by atoms with Crippen molar-refractivity contribution in [1.29, 1.82) is 0 Å². The predicted molar refractivity (Wildman–Crippen MR) is 82.2 cm³/mol. The van der Waals surface area contributed by atoms with Gasteiger partial charge in [0.2, 0.25) is 6.39 Å². The van der Waals surface area contributed by atoms with Gasteiger partial charge in [0.05, 0.1) is 0 Å². The van der Waals surface area contributed by atoms with Crippen molar-refractivity contribution < 1.29 is 4.52 Å². The molecule has 2 fully saturated rings. The summed E-state index contributed by atoms with van der Waals surface area (Å²) < 4.78 is 4.87. The van der Waals surface area contributed by atoms with Crippen molar-refractivity contribution in [1.82, 2.24) is 19.9 Å². The molecule has 5 nitrogen and oxygen atoms in total. The first-order valence-corrected chi connectivity index (χ1v) is 8.33. The van der Waals surface area contributed by atoms with E-state index in [4.69, 9.17) is 4.52 Å². The average molecular weight is 292 g/mol. The van der Waals surface area contributed by atoms with Crippen LogP contribution in [0.3, 0.4) is 0 Å². The SMILES string of the molecule is CC(C)(CN1CCCC1)CN1CCC(c2ncon2)CC1. The topological polar surface area (TPSA) is 45.4 Å². The quantitative estimate of drug-likeness (QED) is 0.833. The third kappa shape index (κ3) is 4.04. The lowest BCUT2D eigenvalue weighted by Crippen LogP contribution is -2.44. The summed E-state index contributed by atoms with van der Waals surface area (Å²) in [5, 5.41) is 4.00. The van der Waals surface area contributed by atoms with Crippen LogP contribution in [0.1, 0.15) is 51.3 Å². The Balaban J connectivity index is 1.45. The summed E-state index contributed by atoms with van der Waals surface area (Å²) in [5.41, 5.74) is 0.378. The van der Waals surface area contributed by atoms with Gasteiger partial charge in [0.25, 0.3) is 0 Å². The van der Waals surface area contributed by atoms with E-state index in [0.717, 1.165) is 31.8 Å². The number of piperidine rings is 1. The molecule has 0 unspecified atom stereocenters. The van der Waals surface area contributed by atoms with Crippen LogP contribution in [0.25, 0.3) is 0 Å². The van der Waals surface area contributed by atoms with Crippen LogP contribution in [0.2, 0.25) is 0 Å². The van der Waals surface area contributed by atoms with Crippen molar-refractivity contribution >= 4 is 0 Å². The lowest BCUT2D eigenvalue weighted by Gasteiger charge is -2.38. The van der Waals surface area contributed by atoms with Gasteiger partial charge in [-0.25, -0.2) is 0 Å². The van der Waals surface area contributed by atoms with Crippen LogP contribution in [0, 0.1) is 5.41 Å². The summed E-state index contributed by atoms with van der Waals surface area (Å²) >= 11 is 0. The Morgan fingerprint density at radius 1 is 1.10 bits per heavy atom. The molecule has 21 heavy (non-hydrogen) atoms. The molecule has 0 aliphatic carbocycles. The highest BCUT2D eigenvalue weighted by Gasteiger charge is 2.29. The monoisotopic (exact) mass is 292 g/mol. The summed E-state index contributed by atoms with van der Waals surface area (Å²) in [6, 6.07) is 0. The van der Waals surface area contributed by atoms with E-state index in [1.165, 1.54) is 45.4 Å². The standard InChI is InChI=1S/C16H28N4O/c1-16(2,11-19-7-3-4-8-19)12-20-9-5-14(6-10-20)15-17-13-21-18-15/h13-14H,3-12H2,1-2H3. The Morgan fingerprint density at radius 2 is 1.71 bits per heavy atom. The first kappa shape index (κ1) is 15.0. The first-order chi connectivity index (χ1) is 10.1. The minimum Gasteiger partial charge on any atom is -0.343 e. The maximum Gasteiger partial charge on any atom is 0.213 e. The summed E-state index contributed by atoms with van der Waals surface area (Å²) in [4.78, 5) is 9.45. The number of rotatable bonds is 5. The molecule has 0 N–H and O–H groups in total. The molecule has 0 spiro atoms. The van der Waals surface area contributed by atoms with E-state index in [-0.39, 0.29) is 0 Å². The van der Waals surface area contributed by atoms with Crippen LogP contribution in [-0.2, 0) is 0 Å². The highest BCUT2D eigenvalue weighted by molar-refractivity contribution is 4.95. The average Bonchev–Trinajstić information content (AvgIpc) is 3.11. The number of hydrogen-bond donors (Lipinski definition) is 0. The van der Waals surface area contributed by atoms with Gasteiger partial charge in [-0.3, -0.25) is 0 Å². The third-order valence-electron chi connectivity index (χ3n) is 4.83. The zero-order valence-corrected chi connectivity index (χ0v) is 13.4. The highest BCUT2D eigenvalue weighted by Crippen LogP contribution is 2.28.